The lowest BCUT2D eigenvalue weighted by Crippen LogP contribution is -2.19. The molecule has 2 heterocycles. The summed E-state index contributed by atoms with van der Waals surface area (Å²) in [4.78, 5) is 11.9. The summed E-state index contributed by atoms with van der Waals surface area (Å²) in [6.45, 7) is 4.22. The van der Waals surface area contributed by atoms with Gasteiger partial charge in [0.15, 0.2) is 0 Å². The number of halogens is 1. The van der Waals surface area contributed by atoms with E-state index >= 15 is 0 Å². The lowest BCUT2D eigenvalue weighted by Gasteiger charge is -2.08. The summed E-state index contributed by atoms with van der Waals surface area (Å²) in [5.41, 5.74) is 2.64. The zero-order valence-electron chi connectivity index (χ0n) is 15.6. The van der Waals surface area contributed by atoms with Crippen LogP contribution in [-0.2, 0) is 16.6 Å². The van der Waals surface area contributed by atoms with Crippen LogP contribution in [0.25, 0.3) is 16.8 Å². The Balaban J connectivity index is 1.90. The van der Waals surface area contributed by atoms with E-state index in [0.717, 1.165) is 23.2 Å². The molecule has 0 aliphatic rings. The van der Waals surface area contributed by atoms with Gasteiger partial charge in [-0.2, -0.15) is 5.10 Å². The molecule has 0 radical (unpaired) electrons. The number of aromatic nitrogens is 3. The quantitative estimate of drug-likeness (QED) is 0.633. The van der Waals surface area contributed by atoms with Crippen molar-refractivity contribution < 1.29 is 8.42 Å². The summed E-state index contributed by atoms with van der Waals surface area (Å²) in [7, 11) is -3.36. The van der Waals surface area contributed by atoms with Crippen LogP contribution in [0.3, 0.4) is 0 Å². The molecule has 0 bridgehead atoms. The van der Waals surface area contributed by atoms with Crippen LogP contribution in [0, 0.1) is 0 Å². The monoisotopic (exact) mass is 420 g/mol. The Morgan fingerprint density at radius 2 is 1.93 bits per heavy atom. The van der Waals surface area contributed by atoms with Crippen LogP contribution in [-0.4, -0.2) is 28.5 Å². The van der Waals surface area contributed by atoms with Crippen LogP contribution < -0.4 is 10.3 Å². The first-order valence-electron chi connectivity index (χ1n) is 8.89. The SMILES string of the molecule is CCCn1cc(-n2cc(-c3ccc(NS(=O)(=O)CC)cc3Cl)cn2)ccc1=O. The highest BCUT2D eigenvalue weighted by atomic mass is 35.5. The molecule has 0 fully saturated rings. The van der Waals surface area contributed by atoms with Crippen LogP contribution in [0.2, 0.25) is 5.02 Å². The highest BCUT2D eigenvalue weighted by Gasteiger charge is 2.12. The molecule has 28 heavy (non-hydrogen) atoms. The Bertz CT molecular complexity index is 1150. The molecule has 0 unspecified atom stereocenters. The van der Waals surface area contributed by atoms with Gasteiger partial charge in [0.2, 0.25) is 10.0 Å². The van der Waals surface area contributed by atoms with E-state index < -0.39 is 10.0 Å². The number of aryl methyl sites for hydroxylation is 1. The highest BCUT2D eigenvalue weighted by Crippen LogP contribution is 2.30. The molecule has 1 aromatic carbocycles. The predicted molar refractivity (Wildman–Crippen MR) is 112 cm³/mol. The van der Waals surface area contributed by atoms with Gasteiger partial charge < -0.3 is 4.57 Å². The standard InChI is InChI=1S/C19H21ClN4O3S/c1-3-9-23-13-16(6-8-19(23)25)24-12-14(11-21-24)17-7-5-15(10-18(17)20)22-28(26,27)4-2/h5-8,10-13,22H,3-4,9H2,1-2H3. The zero-order valence-corrected chi connectivity index (χ0v) is 17.2. The molecule has 0 saturated carbocycles. The van der Waals surface area contributed by atoms with Crippen molar-refractivity contribution in [3.05, 3.63) is 64.3 Å². The second kappa shape index (κ2) is 8.20. The molecule has 2 aromatic heterocycles. The summed E-state index contributed by atoms with van der Waals surface area (Å²) >= 11 is 6.36. The molecule has 0 spiro atoms. The fraction of sp³-hybridized carbons (Fsp3) is 0.263. The Labute approximate surface area is 168 Å². The van der Waals surface area contributed by atoms with Crippen molar-refractivity contribution in [1.29, 1.82) is 0 Å². The van der Waals surface area contributed by atoms with Gasteiger partial charge >= 0.3 is 0 Å². The lowest BCUT2D eigenvalue weighted by molar-refractivity contribution is 0.602. The molecule has 0 amide bonds. The van der Waals surface area contributed by atoms with Crippen LogP contribution in [0.1, 0.15) is 20.3 Å². The Morgan fingerprint density at radius 1 is 1.14 bits per heavy atom. The first-order valence-corrected chi connectivity index (χ1v) is 10.9. The fourth-order valence-electron chi connectivity index (χ4n) is 2.74. The summed E-state index contributed by atoms with van der Waals surface area (Å²) in [6, 6.07) is 8.22. The second-order valence-electron chi connectivity index (χ2n) is 6.29. The number of hydrogen-bond donors (Lipinski definition) is 1. The predicted octanol–water partition coefficient (Wildman–Crippen LogP) is 3.53. The maximum atomic E-state index is 11.9. The van der Waals surface area contributed by atoms with Gasteiger partial charge in [0, 0.05) is 41.8 Å². The van der Waals surface area contributed by atoms with E-state index in [1.54, 1.807) is 52.8 Å². The van der Waals surface area contributed by atoms with E-state index in [0.29, 0.717) is 17.3 Å². The van der Waals surface area contributed by atoms with Gasteiger partial charge in [-0.05, 0) is 31.5 Å². The molecule has 0 aliphatic carbocycles. The average molecular weight is 421 g/mol. The fourth-order valence-corrected chi connectivity index (χ4v) is 3.66. The van der Waals surface area contributed by atoms with E-state index in [1.807, 2.05) is 13.1 Å². The molecule has 9 heteroatoms. The molecule has 0 aliphatic heterocycles. The van der Waals surface area contributed by atoms with Crippen molar-refractivity contribution in [2.45, 2.75) is 26.8 Å². The van der Waals surface area contributed by atoms with Crippen LogP contribution in [0.4, 0.5) is 5.69 Å². The van der Waals surface area contributed by atoms with Gasteiger partial charge in [-0.15, -0.1) is 0 Å². The van der Waals surface area contributed by atoms with Crippen LogP contribution >= 0.6 is 11.6 Å². The molecular formula is C19H21ClN4O3S. The van der Waals surface area contributed by atoms with Crippen LogP contribution in [0.15, 0.2) is 53.7 Å². The van der Waals surface area contributed by atoms with Crippen molar-refractivity contribution in [2.24, 2.45) is 0 Å². The molecule has 7 nitrogen and oxygen atoms in total. The molecule has 3 rings (SSSR count). The van der Waals surface area contributed by atoms with Crippen molar-refractivity contribution >= 4 is 27.3 Å². The van der Waals surface area contributed by atoms with Crippen molar-refractivity contribution in [3.63, 3.8) is 0 Å². The van der Waals surface area contributed by atoms with Crippen molar-refractivity contribution in [3.8, 4) is 16.8 Å². The maximum Gasteiger partial charge on any atom is 0.250 e. The first kappa shape index (κ1) is 20.2. The number of benzene rings is 1. The first-order chi connectivity index (χ1) is 13.3. The van der Waals surface area contributed by atoms with Gasteiger partial charge in [0.1, 0.15) is 0 Å². The number of hydrogen-bond acceptors (Lipinski definition) is 4. The Morgan fingerprint density at radius 3 is 2.61 bits per heavy atom. The summed E-state index contributed by atoms with van der Waals surface area (Å²) in [5, 5.41) is 4.77. The number of sulfonamides is 1. The topological polar surface area (TPSA) is 86.0 Å². The van der Waals surface area contributed by atoms with E-state index in [-0.39, 0.29) is 11.3 Å². The number of nitrogens with zero attached hydrogens (tertiary/aromatic N) is 3. The summed E-state index contributed by atoms with van der Waals surface area (Å²) < 4.78 is 29.2. The van der Waals surface area contributed by atoms with E-state index in [9.17, 15) is 13.2 Å². The smallest absolute Gasteiger partial charge is 0.250 e. The number of rotatable bonds is 7. The Hall–Kier alpha value is -2.58. The second-order valence-corrected chi connectivity index (χ2v) is 8.71. The third-order valence-electron chi connectivity index (χ3n) is 4.21. The van der Waals surface area contributed by atoms with Crippen LogP contribution in [0.5, 0.6) is 0 Å². The van der Waals surface area contributed by atoms with E-state index in [2.05, 4.69) is 9.82 Å². The minimum Gasteiger partial charge on any atom is -0.313 e. The normalized spacial score (nSPS) is 11.5. The summed E-state index contributed by atoms with van der Waals surface area (Å²) in [6.07, 6.45) is 6.11. The van der Waals surface area contributed by atoms with Gasteiger partial charge in [-0.1, -0.05) is 24.6 Å². The molecule has 3 aromatic rings. The minimum atomic E-state index is -3.36. The van der Waals surface area contributed by atoms with Gasteiger partial charge in [0.05, 0.1) is 22.7 Å². The lowest BCUT2D eigenvalue weighted by atomic mass is 10.1. The van der Waals surface area contributed by atoms with E-state index in [4.69, 9.17) is 11.6 Å². The number of pyridine rings is 1. The minimum absolute atomic E-state index is 0.0146. The Kier molecular flexibility index (Phi) is 5.90. The third-order valence-corrected chi connectivity index (χ3v) is 5.83. The average Bonchev–Trinajstić information content (AvgIpc) is 3.13. The van der Waals surface area contributed by atoms with Gasteiger partial charge in [-0.25, -0.2) is 13.1 Å². The third kappa shape index (κ3) is 4.45. The zero-order chi connectivity index (χ0) is 20.3. The van der Waals surface area contributed by atoms with Crippen molar-refractivity contribution in [2.75, 3.05) is 10.5 Å². The maximum absolute atomic E-state index is 11.9. The largest absolute Gasteiger partial charge is 0.313 e. The molecule has 0 atom stereocenters. The van der Waals surface area contributed by atoms with Crippen molar-refractivity contribution in [1.82, 2.24) is 14.3 Å². The van der Waals surface area contributed by atoms with Gasteiger partial charge in [0.25, 0.3) is 5.56 Å². The number of anilines is 1. The molecule has 1 N–H and O–H groups in total. The van der Waals surface area contributed by atoms with E-state index in [1.165, 1.54) is 6.07 Å². The summed E-state index contributed by atoms with van der Waals surface area (Å²) in [5.74, 6) is -0.0146. The molecule has 148 valence electrons. The highest BCUT2D eigenvalue weighted by molar-refractivity contribution is 7.92. The van der Waals surface area contributed by atoms with Gasteiger partial charge in [-0.3, -0.25) is 9.52 Å². The molecule has 0 saturated heterocycles. The number of nitrogens with one attached hydrogen (secondary N) is 1. The molecular weight excluding hydrogens is 400 g/mol.